The molecular formula is C45H63ClN6O11S. The summed E-state index contributed by atoms with van der Waals surface area (Å²) in [7, 11) is 0. The van der Waals surface area contributed by atoms with Crippen molar-refractivity contribution in [1.82, 2.24) is 14.8 Å². The van der Waals surface area contributed by atoms with E-state index in [0.29, 0.717) is 154 Å². The fourth-order valence-electron chi connectivity index (χ4n) is 6.32. The lowest BCUT2D eigenvalue weighted by Gasteiger charge is -2.13. The SMILES string of the molecule is Cc1sc2c(c1C)C(c1ccc(Cl)cc1)=NC(CC(=O)Nc1ccc(OCCOCCOCCOCCOCCOCCOCCOCCOCCOCCN)cc1)c1nnc(C)n1-2. The summed E-state index contributed by atoms with van der Waals surface area (Å²) in [4.78, 5) is 19.9. The minimum Gasteiger partial charge on any atom is -0.491 e. The first kappa shape index (κ1) is 51.1. The number of aromatic nitrogens is 3. The van der Waals surface area contributed by atoms with Crippen LogP contribution in [0.3, 0.4) is 0 Å². The predicted molar refractivity (Wildman–Crippen MR) is 245 cm³/mol. The zero-order valence-corrected chi connectivity index (χ0v) is 38.8. The summed E-state index contributed by atoms with van der Waals surface area (Å²) in [6, 6.07) is 14.3. The minimum atomic E-state index is -0.568. The number of carbonyl (C=O) groups excluding carboxylic acids is 1. The third kappa shape index (κ3) is 17.5. The van der Waals surface area contributed by atoms with Gasteiger partial charge in [-0.25, -0.2) is 0 Å². The van der Waals surface area contributed by atoms with Crippen LogP contribution < -0.4 is 15.8 Å². The number of hydrogen-bond donors (Lipinski definition) is 2. The second-order valence-electron chi connectivity index (χ2n) is 14.3. The standard InChI is InChI=1S/C45H63ClN6O11S/c1-33-34(2)64-45-42(33)43(36-4-6-37(46)7-5-36)49-40(44-51-50-35(3)52(44)45)32-41(53)48-38-8-10-39(11-9-38)63-31-30-62-29-28-61-27-26-60-25-24-59-23-22-58-21-20-57-19-18-56-17-16-55-15-14-54-13-12-47/h4-11,40H,12-32,47H2,1-3H3,(H,48,53). The highest BCUT2D eigenvalue weighted by atomic mass is 35.5. The van der Waals surface area contributed by atoms with E-state index in [1.807, 2.05) is 47.9 Å². The van der Waals surface area contributed by atoms with Gasteiger partial charge in [0.15, 0.2) is 5.82 Å². The van der Waals surface area contributed by atoms with Crippen LogP contribution in [-0.4, -0.2) is 158 Å². The molecule has 0 saturated heterocycles. The smallest absolute Gasteiger partial charge is 0.227 e. The van der Waals surface area contributed by atoms with Gasteiger partial charge in [-0.1, -0.05) is 23.7 Å². The van der Waals surface area contributed by atoms with Crippen LogP contribution in [0.25, 0.3) is 5.00 Å². The summed E-state index contributed by atoms with van der Waals surface area (Å²) < 4.78 is 57.1. The number of benzene rings is 2. The monoisotopic (exact) mass is 930 g/mol. The maximum Gasteiger partial charge on any atom is 0.227 e. The van der Waals surface area contributed by atoms with Crippen molar-refractivity contribution >= 4 is 40.2 Å². The first-order chi connectivity index (χ1) is 31.4. The number of rotatable bonds is 34. The molecule has 0 fully saturated rings. The Labute approximate surface area is 384 Å². The lowest BCUT2D eigenvalue weighted by atomic mass is 9.99. The Morgan fingerprint density at radius 2 is 1.12 bits per heavy atom. The van der Waals surface area contributed by atoms with E-state index in [4.69, 9.17) is 69.7 Å². The topological polar surface area (TPSA) is 190 Å². The maximum atomic E-state index is 13.5. The third-order valence-electron chi connectivity index (χ3n) is 9.61. The average molecular weight is 932 g/mol. The van der Waals surface area contributed by atoms with Gasteiger partial charge in [-0.2, -0.15) is 0 Å². The molecule has 1 amide bonds. The normalized spacial score (nSPS) is 13.4. The molecule has 1 atom stereocenters. The van der Waals surface area contributed by atoms with Crippen molar-refractivity contribution in [3.8, 4) is 10.8 Å². The van der Waals surface area contributed by atoms with Gasteiger partial charge in [0.1, 0.15) is 29.2 Å². The number of halogens is 1. The summed E-state index contributed by atoms with van der Waals surface area (Å²) in [6.45, 7) is 15.8. The summed E-state index contributed by atoms with van der Waals surface area (Å²) in [5, 5.41) is 13.5. The van der Waals surface area contributed by atoms with Gasteiger partial charge in [0.05, 0.1) is 131 Å². The Hall–Kier alpha value is -3.89. The number of ether oxygens (including phenoxy) is 10. The summed E-state index contributed by atoms with van der Waals surface area (Å²) in [5.74, 6) is 1.82. The molecule has 3 N–H and O–H groups in total. The molecule has 0 aliphatic carbocycles. The van der Waals surface area contributed by atoms with Crippen molar-refractivity contribution < 1.29 is 52.2 Å². The van der Waals surface area contributed by atoms with E-state index in [2.05, 4.69) is 29.4 Å². The van der Waals surface area contributed by atoms with E-state index < -0.39 is 6.04 Å². The molecule has 2 aromatic carbocycles. The van der Waals surface area contributed by atoms with Gasteiger partial charge in [-0.3, -0.25) is 14.4 Å². The van der Waals surface area contributed by atoms with Crippen LogP contribution >= 0.6 is 22.9 Å². The van der Waals surface area contributed by atoms with Crippen molar-refractivity contribution in [3.05, 3.63) is 86.8 Å². The number of carbonyl (C=O) groups is 1. The van der Waals surface area contributed by atoms with Crippen molar-refractivity contribution in [1.29, 1.82) is 0 Å². The molecule has 3 heterocycles. The number of hydrogen-bond acceptors (Lipinski definition) is 16. The minimum absolute atomic E-state index is 0.0724. The molecule has 0 bridgehead atoms. The molecule has 1 unspecified atom stereocenters. The fraction of sp³-hybridized carbons (Fsp3) is 0.556. The third-order valence-corrected chi connectivity index (χ3v) is 11.1. The Bertz CT molecular complexity index is 1970. The zero-order valence-electron chi connectivity index (χ0n) is 37.2. The first-order valence-corrected chi connectivity index (χ1v) is 22.8. The molecule has 17 nitrogen and oxygen atoms in total. The van der Waals surface area contributed by atoms with Crippen LogP contribution in [0.15, 0.2) is 53.5 Å². The quantitative estimate of drug-likeness (QED) is 0.0573. The highest BCUT2D eigenvalue weighted by molar-refractivity contribution is 7.15. The van der Waals surface area contributed by atoms with E-state index in [1.165, 1.54) is 4.88 Å². The summed E-state index contributed by atoms with van der Waals surface area (Å²) >= 11 is 7.91. The van der Waals surface area contributed by atoms with Gasteiger partial charge in [0.25, 0.3) is 0 Å². The zero-order chi connectivity index (χ0) is 45.2. The second kappa shape index (κ2) is 29.6. The fourth-order valence-corrected chi connectivity index (χ4v) is 7.66. The largest absolute Gasteiger partial charge is 0.491 e. The lowest BCUT2D eigenvalue weighted by molar-refractivity contribution is -0.116. The number of fused-ring (bicyclic) bond motifs is 3. The molecule has 0 spiro atoms. The summed E-state index contributed by atoms with van der Waals surface area (Å²) in [6.07, 6.45) is 0.0724. The highest BCUT2D eigenvalue weighted by Crippen LogP contribution is 2.39. The van der Waals surface area contributed by atoms with Crippen LogP contribution in [-0.2, 0) is 47.4 Å². The average Bonchev–Trinajstić information content (AvgIpc) is 3.77. The van der Waals surface area contributed by atoms with Crippen LogP contribution in [0.2, 0.25) is 5.02 Å². The van der Waals surface area contributed by atoms with E-state index in [0.717, 1.165) is 33.2 Å². The predicted octanol–water partition coefficient (Wildman–Crippen LogP) is 5.32. The van der Waals surface area contributed by atoms with Crippen LogP contribution in [0.4, 0.5) is 5.69 Å². The number of aliphatic imine (C=N–C) groups is 1. The first-order valence-electron chi connectivity index (χ1n) is 21.6. The highest BCUT2D eigenvalue weighted by Gasteiger charge is 2.32. The Morgan fingerprint density at radius 1 is 0.656 bits per heavy atom. The number of nitrogens with one attached hydrogen (secondary N) is 1. The molecule has 64 heavy (non-hydrogen) atoms. The Balaban J connectivity index is 0.854. The van der Waals surface area contributed by atoms with Crippen molar-refractivity contribution in [3.63, 3.8) is 0 Å². The van der Waals surface area contributed by atoms with Gasteiger partial charge >= 0.3 is 0 Å². The van der Waals surface area contributed by atoms with Crippen LogP contribution in [0.1, 0.15) is 45.7 Å². The van der Waals surface area contributed by atoms with Crippen molar-refractivity contribution in [2.45, 2.75) is 33.2 Å². The lowest BCUT2D eigenvalue weighted by Crippen LogP contribution is -2.17. The Kier molecular flexibility index (Phi) is 23.6. The Morgan fingerprint density at radius 3 is 1.61 bits per heavy atom. The molecule has 2 aromatic heterocycles. The molecular weight excluding hydrogens is 868 g/mol. The molecule has 0 radical (unpaired) electrons. The van der Waals surface area contributed by atoms with Gasteiger partial charge in [-0.15, -0.1) is 21.5 Å². The maximum absolute atomic E-state index is 13.5. The number of thiophene rings is 1. The molecule has 1 aliphatic heterocycles. The molecule has 352 valence electrons. The van der Waals surface area contributed by atoms with Crippen LogP contribution in [0, 0.1) is 20.8 Å². The van der Waals surface area contributed by atoms with E-state index in [1.54, 1.807) is 23.5 Å². The van der Waals surface area contributed by atoms with E-state index in [-0.39, 0.29) is 12.3 Å². The molecule has 1 aliphatic rings. The van der Waals surface area contributed by atoms with Gasteiger partial charge < -0.3 is 58.4 Å². The molecule has 0 saturated carbocycles. The van der Waals surface area contributed by atoms with E-state index >= 15 is 0 Å². The summed E-state index contributed by atoms with van der Waals surface area (Å²) in [5.41, 5.74) is 9.85. The van der Waals surface area contributed by atoms with Crippen LogP contribution in [0.5, 0.6) is 5.75 Å². The molecule has 4 aromatic rings. The van der Waals surface area contributed by atoms with Gasteiger partial charge in [-0.05, 0) is 62.7 Å². The molecule has 19 heteroatoms. The van der Waals surface area contributed by atoms with Crippen molar-refractivity contribution in [2.24, 2.45) is 10.7 Å². The number of anilines is 1. The van der Waals surface area contributed by atoms with Gasteiger partial charge in [0, 0.05) is 33.3 Å². The number of nitrogens with zero attached hydrogens (tertiary/aromatic N) is 4. The second-order valence-corrected chi connectivity index (χ2v) is 16.0. The van der Waals surface area contributed by atoms with Crippen molar-refractivity contribution in [2.75, 3.05) is 137 Å². The number of nitrogens with two attached hydrogens (primary N) is 1. The molecule has 5 rings (SSSR count). The van der Waals surface area contributed by atoms with E-state index in [9.17, 15) is 4.79 Å². The number of amides is 1. The van der Waals surface area contributed by atoms with Gasteiger partial charge in [0.2, 0.25) is 5.91 Å². The number of aryl methyl sites for hydroxylation is 2.